The van der Waals surface area contributed by atoms with Crippen molar-refractivity contribution in [3.8, 4) is 5.75 Å². The van der Waals surface area contributed by atoms with Crippen molar-refractivity contribution in [1.29, 1.82) is 0 Å². The molecule has 2 heterocycles. The third-order valence-electron chi connectivity index (χ3n) is 7.31. The molecule has 1 aliphatic carbocycles. The van der Waals surface area contributed by atoms with Crippen LogP contribution < -0.4 is 10.1 Å². The first-order valence-electron chi connectivity index (χ1n) is 12.4. The summed E-state index contributed by atoms with van der Waals surface area (Å²) >= 11 is 0. The molecule has 7 nitrogen and oxygen atoms in total. The van der Waals surface area contributed by atoms with E-state index in [1.54, 1.807) is 0 Å². The van der Waals surface area contributed by atoms with Crippen LogP contribution in [0.25, 0.3) is 0 Å². The van der Waals surface area contributed by atoms with Gasteiger partial charge in [-0.3, -0.25) is 0 Å². The molecular formula is C27H35NO6. The van der Waals surface area contributed by atoms with Gasteiger partial charge in [-0.1, -0.05) is 30.3 Å². The van der Waals surface area contributed by atoms with E-state index in [2.05, 4.69) is 23.5 Å². The van der Waals surface area contributed by atoms with E-state index in [9.17, 15) is 20.4 Å². The quantitative estimate of drug-likeness (QED) is 0.421. The molecule has 5 rings (SSSR count). The van der Waals surface area contributed by atoms with Crippen molar-refractivity contribution in [3.63, 3.8) is 0 Å². The Balaban J connectivity index is 1.34. The van der Waals surface area contributed by atoms with Gasteiger partial charge in [-0.2, -0.15) is 0 Å². The van der Waals surface area contributed by atoms with Gasteiger partial charge in [0.1, 0.15) is 42.4 Å². The molecule has 2 aromatic rings. The van der Waals surface area contributed by atoms with Gasteiger partial charge in [-0.25, -0.2) is 0 Å². The molecule has 2 aromatic carbocycles. The summed E-state index contributed by atoms with van der Waals surface area (Å²) in [6.45, 7) is 1.56. The molecule has 0 radical (unpaired) electrons. The molecule has 3 fully saturated rings. The van der Waals surface area contributed by atoms with E-state index < -0.39 is 37.1 Å². The molecule has 0 bridgehead atoms. The lowest BCUT2D eigenvalue weighted by atomic mass is 9.88. The predicted molar refractivity (Wildman–Crippen MR) is 127 cm³/mol. The van der Waals surface area contributed by atoms with Gasteiger partial charge in [0.2, 0.25) is 0 Å². The average molecular weight is 470 g/mol. The van der Waals surface area contributed by atoms with Crippen LogP contribution in [0.2, 0.25) is 0 Å². The Morgan fingerprint density at radius 1 is 0.882 bits per heavy atom. The third-order valence-corrected chi connectivity index (χ3v) is 7.31. The molecule has 34 heavy (non-hydrogen) atoms. The zero-order chi connectivity index (χ0) is 23.7. The van der Waals surface area contributed by atoms with E-state index in [1.807, 2.05) is 24.3 Å². The van der Waals surface area contributed by atoms with Gasteiger partial charge in [-0.15, -0.1) is 0 Å². The monoisotopic (exact) mass is 469 g/mol. The van der Waals surface area contributed by atoms with E-state index in [0.717, 1.165) is 43.7 Å². The fourth-order valence-electron chi connectivity index (χ4n) is 5.14. The molecule has 7 heteroatoms. The summed E-state index contributed by atoms with van der Waals surface area (Å²) in [6, 6.07) is 14.4. The van der Waals surface area contributed by atoms with Crippen molar-refractivity contribution in [3.05, 3.63) is 64.7 Å². The fraction of sp³-hybridized carbons (Fsp3) is 0.556. The number of benzene rings is 2. The molecule has 0 unspecified atom stereocenters. The van der Waals surface area contributed by atoms with Crippen LogP contribution in [0.15, 0.2) is 42.5 Å². The highest BCUT2D eigenvalue weighted by atomic mass is 16.5. The van der Waals surface area contributed by atoms with Crippen LogP contribution in [-0.2, 0) is 11.2 Å². The summed E-state index contributed by atoms with van der Waals surface area (Å²) in [5, 5.41) is 43.8. The van der Waals surface area contributed by atoms with Crippen molar-refractivity contribution in [2.75, 3.05) is 19.7 Å². The Morgan fingerprint density at radius 2 is 1.62 bits per heavy atom. The molecule has 5 N–H and O–H groups in total. The molecule has 0 spiro atoms. The second-order valence-corrected chi connectivity index (χ2v) is 9.87. The van der Waals surface area contributed by atoms with Crippen LogP contribution in [0.4, 0.5) is 0 Å². The maximum absolute atomic E-state index is 10.6. The minimum Gasteiger partial charge on any atom is -0.490 e. The lowest BCUT2D eigenvalue weighted by Crippen LogP contribution is -2.55. The highest BCUT2D eigenvalue weighted by Crippen LogP contribution is 2.43. The second kappa shape index (κ2) is 10.3. The smallest absolute Gasteiger partial charge is 0.119 e. The molecule has 1 saturated carbocycles. The summed E-state index contributed by atoms with van der Waals surface area (Å²) in [5.74, 6) is 1.45. The largest absolute Gasteiger partial charge is 0.490 e. The number of hydrogen-bond donors (Lipinski definition) is 5. The number of hydrogen-bond acceptors (Lipinski definition) is 7. The Kier molecular flexibility index (Phi) is 7.20. The zero-order valence-corrected chi connectivity index (χ0v) is 19.3. The molecule has 2 aliphatic heterocycles. The van der Waals surface area contributed by atoms with Crippen LogP contribution >= 0.6 is 0 Å². The van der Waals surface area contributed by atoms with Gasteiger partial charge in [-0.05, 0) is 85.5 Å². The van der Waals surface area contributed by atoms with Crippen molar-refractivity contribution in [2.24, 2.45) is 0 Å². The van der Waals surface area contributed by atoms with E-state index in [0.29, 0.717) is 5.92 Å². The van der Waals surface area contributed by atoms with Gasteiger partial charge in [0, 0.05) is 0 Å². The SMILES string of the molecule is OC[C@H]1O[C@@H](c2ccc(C3CC3)c(Cc3ccc(OC4CCNCC4)cc3)c2)[C@H](O)[C@@H](O)[C@@H]1O. The number of nitrogens with one attached hydrogen (secondary N) is 1. The van der Waals surface area contributed by atoms with Crippen LogP contribution in [-0.4, -0.2) is 70.6 Å². The maximum Gasteiger partial charge on any atom is 0.119 e. The van der Waals surface area contributed by atoms with Crippen molar-refractivity contribution >= 4 is 0 Å². The third kappa shape index (κ3) is 5.15. The molecule has 0 aromatic heterocycles. The van der Waals surface area contributed by atoms with Gasteiger partial charge in [0.15, 0.2) is 0 Å². The van der Waals surface area contributed by atoms with Crippen LogP contribution in [0, 0.1) is 0 Å². The first kappa shape index (κ1) is 23.7. The summed E-state index contributed by atoms with van der Waals surface area (Å²) in [4.78, 5) is 0. The maximum atomic E-state index is 10.6. The Hall–Kier alpha value is -2.00. The average Bonchev–Trinajstić information content (AvgIpc) is 3.70. The molecule has 5 atom stereocenters. The summed E-state index contributed by atoms with van der Waals surface area (Å²) in [6.07, 6.45) is -0.329. The van der Waals surface area contributed by atoms with Crippen molar-refractivity contribution in [1.82, 2.24) is 5.32 Å². The lowest BCUT2D eigenvalue weighted by molar-refractivity contribution is -0.231. The number of aliphatic hydroxyl groups is 4. The van der Waals surface area contributed by atoms with Crippen molar-refractivity contribution < 1.29 is 29.9 Å². The van der Waals surface area contributed by atoms with Crippen molar-refractivity contribution in [2.45, 2.75) is 74.6 Å². The minimum atomic E-state index is -1.38. The van der Waals surface area contributed by atoms with Gasteiger partial charge in [0.25, 0.3) is 0 Å². The van der Waals surface area contributed by atoms with E-state index in [-0.39, 0.29) is 6.10 Å². The number of ether oxygens (including phenoxy) is 2. The topological polar surface area (TPSA) is 111 Å². The Labute approximate surface area is 200 Å². The van der Waals surface area contributed by atoms with Gasteiger partial charge >= 0.3 is 0 Å². The molecule has 184 valence electrons. The summed E-state index contributed by atoms with van der Waals surface area (Å²) in [7, 11) is 0. The first-order chi connectivity index (χ1) is 16.5. The minimum absolute atomic E-state index is 0.267. The standard InChI is InChI=1S/C27H35NO6/c29-15-23-24(30)25(31)26(32)27(34-23)18-5-8-22(17-3-4-17)19(14-18)13-16-1-6-20(7-2-16)33-21-9-11-28-12-10-21/h1-2,5-8,14,17,21,23-32H,3-4,9-13,15H2/t23-,24-,25+,26-,27+/m1/s1. The molecule has 0 amide bonds. The zero-order valence-electron chi connectivity index (χ0n) is 19.3. The van der Waals surface area contributed by atoms with Crippen LogP contribution in [0.5, 0.6) is 5.75 Å². The van der Waals surface area contributed by atoms with Crippen LogP contribution in [0.3, 0.4) is 0 Å². The molecule has 2 saturated heterocycles. The number of rotatable bonds is 7. The number of aliphatic hydroxyl groups excluding tert-OH is 4. The second-order valence-electron chi connectivity index (χ2n) is 9.87. The summed E-state index contributed by atoms with van der Waals surface area (Å²) < 4.78 is 11.9. The normalized spacial score (nSPS) is 30.3. The molecular weight excluding hydrogens is 434 g/mol. The fourth-order valence-corrected chi connectivity index (χ4v) is 5.14. The number of piperidine rings is 1. The predicted octanol–water partition coefficient (Wildman–Crippen LogP) is 1.80. The van der Waals surface area contributed by atoms with Crippen LogP contribution in [0.1, 0.15) is 60.0 Å². The van der Waals surface area contributed by atoms with Gasteiger partial charge in [0.05, 0.1) is 6.61 Å². The highest BCUT2D eigenvalue weighted by molar-refractivity contribution is 5.42. The van der Waals surface area contributed by atoms with E-state index >= 15 is 0 Å². The summed E-state index contributed by atoms with van der Waals surface area (Å²) in [5.41, 5.74) is 4.39. The van der Waals surface area contributed by atoms with E-state index in [4.69, 9.17) is 9.47 Å². The highest BCUT2D eigenvalue weighted by Gasteiger charge is 2.44. The van der Waals surface area contributed by atoms with E-state index in [1.165, 1.54) is 29.5 Å². The lowest BCUT2D eigenvalue weighted by Gasteiger charge is -2.40. The first-order valence-corrected chi connectivity index (χ1v) is 12.4. The van der Waals surface area contributed by atoms with Gasteiger partial charge < -0.3 is 35.2 Å². The Morgan fingerprint density at radius 3 is 2.29 bits per heavy atom. The molecule has 3 aliphatic rings. The Bertz CT molecular complexity index is 954.